The molecule has 5 aliphatic carbocycles. The molecule has 37 heavy (non-hydrogen) atoms. The van der Waals surface area contributed by atoms with Crippen LogP contribution in [0.1, 0.15) is 112 Å². The van der Waals surface area contributed by atoms with Crippen LogP contribution in [0.3, 0.4) is 0 Å². The first-order valence-electron chi connectivity index (χ1n) is 14.8. The first-order chi connectivity index (χ1) is 17.5. The summed E-state index contributed by atoms with van der Waals surface area (Å²) in [5.74, 6) is 1.46. The van der Waals surface area contributed by atoms with Crippen LogP contribution in [-0.4, -0.2) is 29.4 Å². The summed E-state index contributed by atoms with van der Waals surface area (Å²) >= 11 is 0. The van der Waals surface area contributed by atoms with E-state index in [1.807, 2.05) is 0 Å². The zero-order valence-corrected chi connectivity index (χ0v) is 23.6. The van der Waals surface area contributed by atoms with E-state index in [1.54, 1.807) is 6.92 Å². The monoisotopic (exact) mass is 510 g/mol. The molecule has 204 valence electrons. The zero-order chi connectivity index (χ0) is 26.6. The highest BCUT2D eigenvalue weighted by Crippen LogP contribution is 2.68. The minimum atomic E-state index is -1.00. The third kappa shape index (κ3) is 4.33. The first-order valence-corrected chi connectivity index (χ1v) is 14.8. The molecule has 0 saturated heterocycles. The molecule has 0 aromatic carbocycles. The molecule has 0 spiro atoms. The van der Waals surface area contributed by atoms with Gasteiger partial charge in [0.05, 0.1) is 0 Å². The Hall–Kier alpha value is -1.91. The highest BCUT2D eigenvalue weighted by molar-refractivity contribution is 5.89. The standard InChI is InChI=1S/C32H46O5/c1-20-18-25-26(13-16-31(5)27(25)14-17-32(31,21(2)33)37-22(3)34)30(4)15-12-24(19-28(20)30)36-29(35)11-10-23-8-6-7-9-23/h18-19,23-27H,6-17H2,1-5H3. The second-order valence-corrected chi connectivity index (χ2v) is 13.4. The minimum absolute atomic E-state index is 0.00953. The van der Waals surface area contributed by atoms with Crippen LogP contribution in [0.15, 0.2) is 23.3 Å². The molecule has 5 rings (SSSR count). The van der Waals surface area contributed by atoms with Gasteiger partial charge in [0.1, 0.15) is 6.10 Å². The van der Waals surface area contributed by atoms with Crippen LogP contribution in [0.2, 0.25) is 0 Å². The minimum Gasteiger partial charge on any atom is -0.458 e. The molecule has 3 saturated carbocycles. The van der Waals surface area contributed by atoms with E-state index in [4.69, 9.17) is 9.47 Å². The maximum Gasteiger partial charge on any atom is 0.306 e. The van der Waals surface area contributed by atoms with Crippen LogP contribution in [-0.2, 0) is 23.9 Å². The van der Waals surface area contributed by atoms with Gasteiger partial charge in [-0.3, -0.25) is 14.4 Å². The van der Waals surface area contributed by atoms with Gasteiger partial charge in [0.25, 0.3) is 0 Å². The SMILES string of the molecule is CC(=O)OC1(C(C)=O)CCC2C3C=C(C)C4=CC(OC(=O)CCC5CCCC5)CCC4(C)C3CCC21C. The highest BCUT2D eigenvalue weighted by atomic mass is 16.6. The van der Waals surface area contributed by atoms with Gasteiger partial charge in [0, 0.05) is 18.8 Å². The number of allylic oxidation sites excluding steroid dienone is 3. The Morgan fingerprint density at radius 1 is 0.919 bits per heavy atom. The number of hydrogen-bond donors (Lipinski definition) is 0. The molecule has 0 radical (unpaired) electrons. The molecule has 5 nitrogen and oxygen atoms in total. The molecule has 0 N–H and O–H groups in total. The lowest BCUT2D eigenvalue weighted by atomic mass is 9.47. The Morgan fingerprint density at radius 3 is 2.30 bits per heavy atom. The average Bonchev–Trinajstić information content (AvgIpc) is 3.45. The molecular weight excluding hydrogens is 464 g/mol. The van der Waals surface area contributed by atoms with Crippen LogP contribution >= 0.6 is 0 Å². The summed E-state index contributed by atoms with van der Waals surface area (Å²) in [7, 11) is 0. The van der Waals surface area contributed by atoms with Gasteiger partial charge in [0.15, 0.2) is 11.4 Å². The van der Waals surface area contributed by atoms with Crippen molar-refractivity contribution in [2.45, 2.75) is 123 Å². The molecule has 0 bridgehead atoms. The van der Waals surface area contributed by atoms with E-state index >= 15 is 0 Å². The summed E-state index contributed by atoms with van der Waals surface area (Å²) in [6.07, 6.45) is 16.5. The third-order valence-corrected chi connectivity index (χ3v) is 11.5. The van der Waals surface area contributed by atoms with Crippen molar-refractivity contribution < 1.29 is 23.9 Å². The molecule has 0 aliphatic heterocycles. The fraction of sp³-hybridized carbons (Fsp3) is 0.781. The summed E-state index contributed by atoms with van der Waals surface area (Å²) < 4.78 is 11.9. The second-order valence-electron chi connectivity index (χ2n) is 13.4. The third-order valence-electron chi connectivity index (χ3n) is 11.5. The number of Topliss-reactive ketones (excluding diaryl/α,β-unsaturated/α-hetero) is 1. The van der Waals surface area contributed by atoms with Gasteiger partial charge in [-0.1, -0.05) is 51.2 Å². The first kappa shape index (κ1) is 26.7. The summed E-state index contributed by atoms with van der Waals surface area (Å²) in [6.45, 7) is 9.84. The number of ether oxygens (including phenoxy) is 2. The van der Waals surface area contributed by atoms with E-state index in [-0.39, 0.29) is 34.7 Å². The lowest BCUT2D eigenvalue weighted by Crippen LogP contribution is -2.58. The fourth-order valence-electron chi connectivity index (χ4n) is 9.56. The Morgan fingerprint density at radius 2 is 1.62 bits per heavy atom. The van der Waals surface area contributed by atoms with E-state index < -0.39 is 5.60 Å². The van der Waals surface area contributed by atoms with Crippen molar-refractivity contribution in [3.05, 3.63) is 23.3 Å². The molecule has 7 atom stereocenters. The molecule has 7 unspecified atom stereocenters. The van der Waals surface area contributed by atoms with Crippen molar-refractivity contribution in [2.75, 3.05) is 0 Å². The van der Waals surface area contributed by atoms with Gasteiger partial charge in [-0.05, 0) is 99.5 Å². The van der Waals surface area contributed by atoms with Crippen LogP contribution < -0.4 is 0 Å². The van der Waals surface area contributed by atoms with Crippen LogP contribution in [0.4, 0.5) is 0 Å². The van der Waals surface area contributed by atoms with Gasteiger partial charge >= 0.3 is 11.9 Å². The molecule has 3 fully saturated rings. The maximum absolute atomic E-state index is 13.0. The fourth-order valence-corrected chi connectivity index (χ4v) is 9.56. The maximum atomic E-state index is 13.0. The van der Waals surface area contributed by atoms with E-state index in [0.717, 1.165) is 38.5 Å². The van der Waals surface area contributed by atoms with Crippen molar-refractivity contribution in [3.63, 3.8) is 0 Å². The molecular formula is C32H46O5. The summed E-state index contributed by atoms with van der Waals surface area (Å²) in [5.41, 5.74) is 1.34. The van der Waals surface area contributed by atoms with E-state index in [2.05, 4.69) is 32.9 Å². The van der Waals surface area contributed by atoms with Gasteiger partial charge in [0.2, 0.25) is 0 Å². The number of ketones is 1. The van der Waals surface area contributed by atoms with E-state index in [9.17, 15) is 14.4 Å². The quantitative estimate of drug-likeness (QED) is 0.364. The van der Waals surface area contributed by atoms with Crippen molar-refractivity contribution in [1.82, 2.24) is 0 Å². The number of rotatable bonds is 6. The molecule has 0 heterocycles. The van der Waals surface area contributed by atoms with Gasteiger partial charge < -0.3 is 9.47 Å². The lowest BCUT2D eigenvalue weighted by molar-refractivity contribution is -0.185. The van der Waals surface area contributed by atoms with Crippen LogP contribution in [0, 0.1) is 34.5 Å². The Bertz CT molecular complexity index is 1020. The molecule has 0 amide bonds. The highest BCUT2D eigenvalue weighted by Gasteiger charge is 2.67. The number of fused-ring (bicyclic) bond motifs is 5. The normalized spacial score (nSPS) is 41.1. The average molecular weight is 511 g/mol. The van der Waals surface area contributed by atoms with E-state index in [1.165, 1.54) is 43.8 Å². The Balaban J connectivity index is 1.36. The largest absolute Gasteiger partial charge is 0.458 e. The lowest BCUT2D eigenvalue weighted by Gasteiger charge is -2.58. The van der Waals surface area contributed by atoms with Gasteiger partial charge in [-0.15, -0.1) is 0 Å². The Labute approximate surface area is 222 Å². The second kappa shape index (κ2) is 9.68. The van der Waals surface area contributed by atoms with Crippen molar-refractivity contribution in [2.24, 2.45) is 34.5 Å². The number of carbonyl (C=O) groups is 3. The topological polar surface area (TPSA) is 69.7 Å². The van der Waals surface area contributed by atoms with Crippen molar-refractivity contribution in [3.8, 4) is 0 Å². The van der Waals surface area contributed by atoms with Crippen molar-refractivity contribution >= 4 is 17.7 Å². The predicted octanol–water partition coefficient (Wildman–Crippen LogP) is 6.89. The van der Waals surface area contributed by atoms with Crippen molar-refractivity contribution in [1.29, 1.82) is 0 Å². The van der Waals surface area contributed by atoms with E-state index in [0.29, 0.717) is 36.5 Å². The van der Waals surface area contributed by atoms with Crippen LogP contribution in [0.5, 0.6) is 0 Å². The summed E-state index contributed by atoms with van der Waals surface area (Å²) in [6, 6.07) is 0. The molecule has 0 aromatic rings. The van der Waals surface area contributed by atoms with Gasteiger partial charge in [-0.2, -0.15) is 0 Å². The summed E-state index contributed by atoms with van der Waals surface area (Å²) in [4.78, 5) is 37.7. The predicted molar refractivity (Wildman–Crippen MR) is 142 cm³/mol. The number of esters is 2. The smallest absolute Gasteiger partial charge is 0.306 e. The van der Waals surface area contributed by atoms with Gasteiger partial charge in [-0.25, -0.2) is 0 Å². The molecule has 0 aromatic heterocycles. The Kier molecular flexibility index (Phi) is 6.98. The zero-order valence-electron chi connectivity index (χ0n) is 23.6. The molecule has 5 aliphatic rings. The molecule has 5 heteroatoms. The number of hydrogen-bond acceptors (Lipinski definition) is 5. The summed E-state index contributed by atoms with van der Waals surface area (Å²) in [5, 5.41) is 0. The van der Waals surface area contributed by atoms with Crippen LogP contribution in [0.25, 0.3) is 0 Å². The number of carbonyl (C=O) groups excluding carboxylic acids is 3.